The Morgan fingerprint density at radius 2 is 1.70 bits per heavy atom. The molecule has 1 fully saturated rings. The number of nitrogens with zero attached hydrogens (tertiary/aromatic N) is 1. The van der Waals surface area contributed by atoms with Crippen LogP contribution in [0.5, 0.6) is 0 Å². The lowest BCUT2D eigenvalue weighted by atomic mass is 9.86. The second kappa shape index (κ2) is 7.64. The van der Waals surface area contributed by atoms with Crippen molar-refractivity contribution < 1.29 is 13.2 Å². The van der Waals surface area contributed by atoms with Gasteiger partial charge in [-0.05, 0) is 45.6 Å². The third-order valence-corrected chi connectivity index (χ3v) is 4.79. The first kappa shape index (κ1) is 17.8. The van der Waals surface area contributed by atoms with Crippen LogP contribution in [0.4, 0.5) is 13.2 Å². The minimum atomic E-state index is -4.06. The largest absolute Gasteiger partial charge is 0.389 e. The first-order valence-electron chi connectivity index (χ1n) is 7.75. The zero-order valence-corrected chi connectivity index (χ0v) is 12.8. The molecule has 0 bridgehead atoms. The van der Waals surface area contributed by atoms with Gasteiger partial charge in [-0.3, -0.25) is 4.90 Å². The van der Waals surface area contributed by atoms with Gasteiger partial charge in [-0.2, -0.15) is 13.2 Å². The third kappa shape index (κ3) is 6.00. The Morgan fingerprint density at radius 3 is 2.20 bits per heavy atom. The molecule has 1 unspecified atom stereocenters. The SMILES string of the molecule is CN(CC1CCCCC1)C(C)(CN)CCCC(F)(F)F. The summed E-state index contributed by atoms with van der Waals surface area (Å²) >= 11 is 0. The molecule has 0 amide bonds. The summed E-state index contributed by atoms with van der Waals surface area (Å²) in [4.78, 5) is 2.19. The fraction of sp³-hybridized carbons (Fsp3) is 1.00. The Hall–Kier alpha value is -0.290. The van der Waals surface area contributed by atoms with Gasteiger partial charge in [0.15, 0.2) is 0 Å². The molecule has 0 radical (unpaired) electrons. The molecule has 1 aliphatic rings. The molecule has 0 aromatic heterocycles. The Morgan fingerprint density at radius 1 is 1.10 bits per heavy atom. The van der Waals surface area contributed by atoms with E-state index in [4.69, 9.17) is 5.73 Å². The van der Waals surface area contributed by atoms with Crippen LogP contribution in [-0.2, 0) is 0 Å². The number of rotatable bonds is 7. The molecule has 0 aliphatic heterocycles. The predicted molar refractivity (Wildman–Crippen MR) is 76.6 cm³/mol. The normalized spacial score (nSPS) is 21.1. The summed E-state index contributed by atoms with van der Waals surface area (Å²) in [6.45, 7) is 3.36. The van der Waals surface area contributed by atoms with E-state index in [2.05, 4.69) is 4.90 Å². The molecule has 1 rings (SSSR count). The van der Waals surface area contributed by atoms with Crippen molar-refractivity contribution in [2.24, 2.45) is 11.7 Å². The standard InChI is InChI=1S/C15H29F3N2/c1-14(12-19,9-6-10-15(16,17)18)20(2)11-13-7-4-3-5-8-13/h13H,3-12,19H2,1-2H3. The highest BCUT2D eigenvalue weighted by Gasteiger charge is 2.32. The monoisotopic (exact) mass is 294 g/mol. The van der Waals surface area contributed by atoms with Gasteiger partial charge in [0.2, 0.25) is 0 Å². The molecule has 20 heavy (non-hydrogen) atoms. The summed E-state index contributed by atoms with van der Waals surface area (Å²) in [6, 6.07) is 0. The maximum Gasteiger partial charge on any atom is 0.389 e. The summed E-state index contributed by atoms with van der Waals surface area (Å²) in [7, 11) is 2.01. The van der Waals surface area contributed by atoms with E-state index in [1.807, 2.05) is 14.0 Å². The van der Waals surface area contributed by atoms with Gasteiger partial charge < -0.3 is 5.73 Å². The van der Waals surface area contributed by atoms with E-state index in [1.165, 1.54) is 32.1 Å². The van der Waals surface area contributed by atoms with Crippen LogP contribution in [0.25, 0.3) is 0 Å². The molecule has 0 heterocycles. The molecule has 0 aromatic carbocycles. The van der Waals surface area contributed by atoms with Crippen molar-refractivity contribution in [3.05, 3.63) is 0 Å². The van der Waals surface area contributed by atoms with Gasteiger partial charge in [-0.15, -0.1) is 0 Å². The Labute approximate surface area is 120 Å². The minimum absolute atomic E-state index is 0.159. The summed E-state index contributed by atoms with van der Waals surface area (Å²) < 4.78 is 36.8. The van der Waals surface area contributed by atoms with Crippen LogP contribution in [0.3, 0.4) is 0 Å². The summed E-state index contributed by atoms with van der Waals surface area (Å²) in [6.07, 6.45) is 2.27. The van der Waals surface area contributed by atoms with Crippen molar-refractivity contribution in [2.75, 3.05) is 20.1 Å². The minimum Gasteiger partial charge on any atom is -0.329 e. The van der Waals surface area contributed by atoms with E-state index in [9.17, 15) is 13.2 Å². The second-order valence-corrected chi connectivity index (χ2v) is 6.55. The molecular weight excluding hydrogens is 265 g/mol. The highest BCUT2D eigenvalue weighted by atomic mass is 19.4. The lowest BCUT2D eigenvalue weighted by Gasteiger charge is -2.41. The van der Waals surface area contributed by atoms with Gasteiger partial charge in [-0.1, -0.05) is 19.3 Å². The lowest BCUT2D eigenvalue weighted by molar-refractivity contribution is -0.136. The number of likely N-dealkylation sites (N-methyl/N-ethyl adjacent to an activating group) is 1. The van der Waals surface area contributed by atoms with E-state index in [-0.39, 0.29) is 12.0 Å². The van der Waals surface area contributed by atoms with E-state index in [1.54, 1.807) is 0 Å². The van der Waals surface area contributed by atoms with E-state index < -0.39 is 12.6 Å². The summed E-state index contributed by atoms with van der Waals surface area (Å²) in [5.41, 5.74) is 5.52. The molecule has 5 heteroatoms. The molecular formula is C15H29F3N2. The van der Waals surface area contributed by atoms with Gasteiger partial charge in [0, 0.05) is 25.0 Å². The molecule has 1 saturated carbocycles. The fourth-order valence-corrected chi connectivity index (χ4v) is 3.10. The Balaban J connectivity index is 2.44. The molecule has 1 aliphatic carbocycles. The maximum absolute atomic E-state index is 12.3. The fourth-order valence-electron chi connectivity index (χ4n) is 3.10. The number of hydrogen-bond acceptors (Lipinski definition) is 2. The molecule has 1 atom stereocenters. The van der Waals surface area contributed by atoms with Gasteiger partial charge in [0.25, 0.3) is 0 Å². The second-order valence-electron chi connectivity index (χ2n) is 6.55. The van der Waals surface area contributed by atoms with Gasteiger partial charge in [0.1, 0.15) is 0 Å². The average molecular weight is 294 g/mol. The quantitative estimate of drug-likeness (QED) is 0.770. The van der Waals surface area contributed by atoms with Crippen molar-refractivity contribution in [3.8, 4) is 0 Å². The third-order valence-electron chi connectivity index (χ3n) is 4.79. The molecule has 2 nitrogen and oxygen atoms in total. The van der Waals surface area contributed by atoms with Crippen LogP contribution >= 0.6 is 0 Å². The van der Waals surface area contributed by atoms with Crippen LogP contribution < -0.4 is 5.73 Å². The molecule has 0 aromatic rings. The maximum atomic E-state index is 12.3. The number of halogens is 3. The van der Waals surface area contributed by atoms with Crippen LogP contribution in [0, 0.1) is 5.92 Å². The van der Waals surface area contributed by atoms with Crippen molar-refractivity contribution in [3.63, 3.8) is 0 Å². The van der Waals surface area contributed by atoms with E-state index in [0.717, 1.165) is 6.54 Å². The first-order valence-corrected chi connectivity index (χ1v) is 7.75. The Bertz CT molecular complexity index is 275. The first-order chi connectivity index (χ1) is 9.27. The van der Waals surface area contributed by atoms with Gasteiger partial charge >= 0.3 is 6.18 Å². The lowest BCUT2D eigenvalue weighted by Crippen LogP contribution is -2.51. The topological polar surface area (TPSA) is 29.3 Å². The van der Waals surface area contributed by atoms with Crippen LogP contribution in [-0.4, -0.2) is 36.8 Å². The van der Waals surface area contributed by atoms with Gasteiger partial charge in [0.05, 0.1) is 0 Å². The van der Waals surface area contributed by atoms with Crippen LogP contribution in [0.2, 0.25) is 0 Å². The number of nitrogens with two attached hydrogens (primary N) is 1. The van der Waals surface area contributed by atoms with Crippen molar-refractivity contribution in [1.29, 1.82) is 0 Å². The summed E-state index contributed by atoms with van der Waals surface area (Å²) in [5, 5.41) is 0. The van der Waals surface area contributed by atoms with Gasteiger partial charge in [-0.25, -0.2) is 0 Å². The molecule has 0 spiro atoms. The highest BCUT2D eigenvalue weighted by Crippen LogP contribution is 2.29. The van der Waals surface area contributed by atoms with Crippen molar-refractivity contribution >= 4 is 0 Å². The molecule has 0 saturated heterocycles. The van der Waals surface area contributed by atoms with Crippen molar-refractivity contribution in [1.82, 2.24) is 4.90 Å². The predicted octanol–water partition coefficient (Wildman–Crippen LogP) is 3.95. The van der Waals surface area contributed by atoms with Crippen LogP contribution in [0.15, 0.2) is 0 Å². The average Bonchev–Trinajstić information content (AvgIpc) is 2.38. The Kier molecular flexibility index (Phi) is 6.79. The summed E-state index contributed by atoms with van der Waals surface area (Å²) in [5.74, 6) is 0.683. The van der Waals surface area contributed by atoms with Crippen LogP contribution in [0.1, 0.15) is 58.3 Å². The zero-order chi connectivity index (χ0) is 15.2. The molecule has 2 N–H and O–H groups in total. The van der Waals surface area contributed by atoms with Crippen molar-refractivity contribution in [2.45, 2.75) is 70.0 Å². The van der Waals surface area contributed by atoms with E-state index in [0.29, 0.717) is 18.9 Å². The zero-order valence-electron chi connectivity index (χ0n) is 12.8. The highest BCUT2D eigenvalue weighted by molar-refractivity contribution is 4.87. The van der Waals surface area contributed by atoms with E-state index >= 15 is 0 Å². The molecule has 120 valence electrons. The number of alkyl halides is 3. The smallest absolute Gasteiger partial charge is 0.329 e. The number of hydrogen-bond donors (Lipinski definition) is 1.